The highest BCUT2D eigenvalue weighted by Gasteiger charge is 2.20. The van der Waals surface area contributed by atoms with E-state index in [4.69, 9.17) is 4.74 Å². The molecule has 28 heavy (non-hydrogen) atoms. The van der Waals surface area contributed by atoms with Gasteiger partial charge in [0, 0.05) is 65.7 Å². The summed E-state index contributed by atoms with van der Waals surface area (Å²) in [5.74, 6) is 0.820. The SMILES string of the molecule is CCOCCCNC(=NCC(=O)N(C)C)N1CCN(c2ccccc2)CC1.I. The molecule has 2 rings (SSSR count). The normalized spacial score (nSPS) is 14.5. The smallest absolute Gasteiger partial charge is 0.243 e. The third-order valence-electron chi connectivity index (χ3n) is 4.52. The molecule has 1 aromatic carbocycles. The van der Waals surface area contributed by atoms with Crippen LogP contribution in [0.5, 0.6) is 0 Å². The van der Waals surface area contributed by atoms with Gasteiger partial charge in [-0.05, 0) is 25.5 Å². The number of benzene rings is 1. The number of guanidine groups is 1. The lowest BCUT2D eigenvalue weighted by molar-refractivity contribution is -0.127. The molecule has 0 spiro atoms. The molecular formula is C20H34IN5O2. The average molecular weight is 503 g/mol. The first-order valence-electron chi connectivity index (χ1n) is 9.73. The molecule has 0 atom stereocenters. The predicted molar refractivity (Wildman–Crippen MR) is 126 cm³/mol. The van der Waals surface area contributed by atoms with Crippen LogP contribution in [0.1, 0.15) is 13.3 Å². The van der Waals surface area contributed by atoms with E-state index in [1.807, 2.05) is 13.0 Å². The molecule has 1 amide bonds. The lowest BCUT2D eigenvalue weighted by Gasteiger charge is -2.37. The van der Waals surface area contributed by atoms with Gasteiger partial charge in [-0.15, -0.1) is 24.0 Å². The monoisotopic (exact) mass is 503 g/mol. The van der Waals surface area contributed by atoms with E-state index in [2.05, 4.69) is 44.4 Å². The summed E-state index contributed by atoms with van der Waals surface area (Å²) in [5, 5.41) is 3.40. The zero-order valence-corrected chi connectivity index (χ0v) is 19.6. The van der Waals surface area contributed by atoms with Crippen LogP contribution in [0, 0.1) is 0 Å². The standard InChI is InChI=1S/C20H33N5O2.HI/c1-4-27-16-8-11-21-20(22-17-19(26)23(2)3)25-14-12-24(13-15-25)18-9-6-5-7-10-18;/h5-7,9-10H,4,8,11-17H2,1-3H3,(H,21,22);1H. The van der Waals surface area contributed by atoms with E-state index >= 15 is 0 Å². The van der Waals surface area contributed by atoms with Crippen molar-refractivity contribution in [3.8, 4) is 0 Å². The summed E-state index contributed by atoms with van der Waals surface area (Å²) in [5.41, 5.74) is 1.25. The number of carbonyl (C=O) groups excluding carboxylic acids is 1. The summed E-state index contributed by atoms with van der Waals surface area (Å²) in [7, 11) is 3.51. The van der Waals surface area contributed by atoms with Crippen molar-refractivity contribution in [1.29, 1.82) is 0 Å². The molecule has 158 valence electrons. The van der Waals surface area contributed by atoms with E-state index in [1.54, 1.807) is 19.0 Å². The van der Waals surface area contributed by atoms with Crippen LogP contribution in [0.3, 0.4) is 0 Å². The Morgan fingerprint density at radius 2 is 1.86 bits per heavy atom. The number of para-hydroxylation sites is 1. The molecule has 1 N–H and O–H groups in total. The highest BCUT2D eigenvalue weighted by Crippen LogP contribution is 2.15. The molecule has 1 saturated heterocycles. The van der Waals surface area contributed by atoms with Crippen LogP contribution in [0.15, 0.2) is 35.3 Å². The van der Waals surface area contributed by atoms with Crippen LogP contribution in [-0.2, 0) is 9.53 Å². The van der Waals surface area contributed by atoms with Gasteiger partial charge in [-0.2, -0.15) is 0 Å². The fourth-order valence-corrected chi connectivity index (χ4v) is 2.89. The molecule has 0 saturated carbocycles. The quantitative estimate of drug-likeness (QED) is 0.254. The van der Waals surface area contributed by atoms with Crippen molar-refractivity contribution in [1.82, 2.24) is 15.1 Å². The van der Waals surface area contributed by atoms with Crippen LogP contribution < -0.4 is 10.2 Å². The van der Waals surface area contributed by atoms with Crippen molar-refractivity contribution in [2.24, 2.45) is 4.99 Å². The zero-order chi connectivity index (χ0) is 19.5. The van der Waals surface area contributed by atoms with Crippen molar-refractivity contribution in [2.75, 3.05) is 71.5 Å². The minimum absolute atomic E-state index is 0. The van der Waals surface area contributed by atoms with Gasteiger partial charge in [0.25, 0.3) is 0 Å². The summed E-state index contributed by atoms with van der Waals surface area (Å²) in [6, 6.07) is 10.5. The highest BCUT2D eigenvalue weighted by atomic mass is 127. The molecule has 1 aromatic rings. The first-order valence-corrected chi connectivity index (χ1v) is 9.73. The van der Waals surface area contributed by atoms with Gasteiger partial charge in [-0.1, -0.05) is 18.2 Å². The summed E-state index contributed by atoms with van der Waals surface area (Å²) in [4.78, 5) is 22.7. The molecule has 0 radical (unpaired) electrons. The molecule has 7 nitrogen and oxygen atoms in total. The largest absolute Gasteiger partial charge is 0.382 e. The second-order valence-electron chi connectivity index (χ2n) is 6.71. The van der Waals surface area contributed by atoms with E-state index in [0.717, 1.165) is 58.3 Å². The Kier molecular flexibility index (Phi) is 11.9. The number of hydrogen-bond acceptors (Lipinski definition) is 4. The number of aliphatic imine (C=N–C) groups is 1. The minimum Gasteiger partial charge on any atom is -0.382 e. The van der Waals surface area contributed by atoms with Crippen LogP contribution in [0.25, 0.3) is 0 Å². The molecule has 0 bridgehead atoms. The molecule has 1 heterocycles. The van der Waals surface area contributed by atoms with Gasteiger partial charge in [-0.3, -0.25) is 4.79 Å². The Morgan fingerprint density at radius 3 is 2.46 bits per heavy atom. The van der Waals surface area contributed by atoms with Crippen molar-refractivity contribution in [3.63, 3.8) is 0 Å². The number of nitrogens with one attached hydrogen (secondary N) is 1. The molecule has 0 aromatic heterocycles. The molecule has 1 fully saturated rings. The van der Waals surface area contributed by atoms with Crippen molar-refractivity contribution in [2.45, 2.75) is 13.3 Å². The molecular weight excluding hydrogens is 469 g/mol. The number of rotatable bonds is 8. The number of carbonyl (C=O) groups is 1. The Labute approximate surface area is 186 Å². The molecule has 1 aliphatic rings. The van der Waals surface area contributed by atoms with Crippen LogP contribution in [0.4, 0.5) is 5.69 Å². The predicted octanol–water partition coefficient (Wildman–Crippen LogP) is 1.89. The highest BCUT2D eigenvalue weighted by molar-refractivity contribution is 14.0. The minimum atomic E-state index is 0. The van der Waals surface area contributed by atoms with E-state index in [-0.39, 0.29) is 36.4 Å². The topological polar surface area (TPSA) is 60.4 Å². The third kappa shape index (κ3) is 8.22. The van der Waals surface area contributed by atoms with E-state index in [9.17, 15) is 4.79 Å². The van der Waals surface area contributed by atoms with E-state index in [0.29, 0.717) is 0 Å². The maximum atomic E-state index is 11.9. The fourth-order valence-electron chi connectivity index (χ4n) is 2.89. The van der Waals surface area contributed by atoms with Gasteiger partial charge in [-0.25, -0.2) is 4.99 Å². The van der Waals surface area contributed by atoms with Crippen molar-refractivity contribution < 1.29 is 9.53 Å². The number of hydrogen-bond donors (Lipinski definition) is 1. The average Bonchev–Trinajstić information content (AvgIpc) is 2.70. The number of piperazine rings is 1. The number of anilines is 1. The number of likely N-dealkylation sites (N-methyl/N-ethyl adjacent to an activating group) is 1. The maximum absolute atomic E-state index is 11.9. The summed E-state index contributed by atoms with van der Waals surface area (Å²) >= 11 is 0. The Bertz CT molecular complexity index is 590. The Hall–Kier alpha value is -1.55. The number of amides is 1. The van der Waals surface area contributed by atoms with Crippen molar-refractivity contribution in [3.05, 3.63) is 30.3 Å². The van der Waals surface area contributed by atoms with Crippen LogP contribution in [0.2, 0.25) is 0 Å². The second-order valence-corrected chi connectivity index (χ2v) is 6.71. The molecule has 0 aliphatic carbocycles. The summed E-state index contributed by atoms with van der Waals surface area (Å²) in [6.07, 6.45) is 0.915. The third-order valence-corrected chi connectivity index (χ3v) is 4.52. The summed E-state index contributed by atoms with van der Waals surface area (Å²) in [6.45, 7) is 8.04. The first kappa shape index (κ1) is 24.5. The van der Waals surface area contributed by atoms with Crippen molar-refractivity contribution >= 4 is 41.5 Å². The lowest BCUT2D eigenvalue weighted by Crippen LogP contribution is -2.53. The first-order chi connectivity index (χ1) is 13.1. The number of halogens is 1. The maximum Gasteiger partial charge on any atom is 0.243 e. The molecule has 0 unspecified atom stereocenters. The van der Waals surface area contributed by atoms with Gasteiger partial charge in [0.1, 0.15) is 6.54 Å². The van der Waals surface area contributed by atoms with E-state index in [1.165, 1.54) is 5.69 Å². The van der Waals surface area contributed by atoms with Gasteiger partial charge in [0.05, 0.1) is 0 Å². The Morgan fingerprint density at radius 1 is 1.18 bits per heavy atom. The molecule has 8 heteroatoms. The number of nitrogens with zero attached hydrogens (tertiary/aromatic N) is 4. The van der Waals surface area contributed by atoms with Crippen LogP contribution >= 0.6 is 24.0 Å². The second kappa shape index (κ2) is 13.6. The van der Waals surface area contributed by atoms with E-state index < -0.39 is 0 Å². The molecule has 1 aliphatic heterocycles. The summed E-state index contributed by atoms with van der Waals surface area (Å²) < 4.78 is 5.39. The number of ether oxygens (including phenoxy) is 1. The van der Waals surface area contributed by atoms with Gasteiger partial charge in [0.2, 0.25) is 5.91 Å². The lowest BCUT2D eigenvalue weighted by atomic mass is 10.2. The van der Waals surface area contributed by atoms with Gasteiger partial charge < -0.3 is 24.8 Å². The van der Waals surface area contributed by atoms with Gasteiger partial charge >= 0.3 is 0 Å². The Balaban J connectivity index is 0.00000392. The fraction of sp³-hybridized carbons (Fsp3) is 0.600. The van der Waals surface area contributed by atoms with Gasteiger partial charge in [0.15, 0.2) is 5.96 Å². The zero-order valence-electron chi connectivity index (χ0n) is 17.3. The van der Waals surface area contributed by atoms with Crippen LogP contribution in [-0.4, -0.2) is 88.2 Å².